The van der Waals surface area contributed by atoms with Crippen LogP contribution in [0, 0.1) is 10.1 Å². The first-order valence-corrected chi connectivity index (χ1v) is 6.46. The molecule has 0 atom stereocenters. The normalized spacial score (nSPS) is 17.1. The fourth-order valence-corrected chi connectivity index (χ4v) is 2.27. The summed E-state index contributed by atoms with van der Waals surface area (Å²) in [7, 11) is 1.79. The van der Waals surface area contributed by atoms with Crippen molar-refractivity contribution in [1.82, 2.24) is 9.80 Å². The summed E-state index contributed by atoms with van der Waals surface area (Å²) >= 11 is 0. The van der Waals surface area contributed by atoms with Gasteiger partial charge in [0.15, 0.2) is 0 Å². The van der Waals surface area contributed by atoms with Gasteiger partial charge in [-0.05, 0) is 18.1 Å². The molecule has 1 heterocycles. The van der Waals surface area contributed by atoms with E-state index < -0.39 is 4.92 Å². The summed E-state index contributed by atoms with van der Waals surface area (Å²) in [5.74, 6) is 0.0616. The summed E-state index contributed by atoms with van der Waals surface area (Å²) in [4.78, 5) is 25.9. The number of nitrogens with zero attached hydrogens (tertiary/aromatic N) is 3. The van der Waals surface area contributed by atoms with Gasteiger partial charge in [0.25, 0.3) is 5.69 Å². The summed E-state index contributed by atoms with van der Waals surface area (Å²) in [5, 5.41) is 10.8. The number of amides is 1. The van der Waals surface area contributed by atoms with Gasteiger partial charge in [-0.25, -0.2) is 0 Å². The number of benzene rings is 1. The van der Waals surface area contributed by atoms with E-state index >= 15 is 0 Å². The molecule has 1 aliphatic rings. The maximum Gasteiger partial charge on any atom is 0.269 e. The number of anilines is 1. The minimum Gasteiger partial charge on any atom is -0.398 e. The number of nitro groups is 1. The van der Waals surface area contributed by atoms with E-state index in [9.17, 15) is 14.9 Å². The largest absolute Gasteiger partial charge is 0.398 e. The highest BCUT2D eigenvalue weighted by atomic mass is 16.6. The van der Waals surface area contributed by atoms with Crippen molar-refractivity contribution >= 4 is 17.3 Å². The fourth-order valence-electron chi connectivity index (χ4n) is 2.27. The molecule has 108 valence electrons. The van der Waals surface area contributed by atoms with Gasteiger partial charge in [-0.3, -0.25) is 19.8 Å². The lowest BCUT2D eigenvalue weighted by Gasteiger charge is -2.20. The lowest BCUT2D eigenvalue weighted by Crippen LogP contribution is -2.34. The van der Waals surface area contributed by atoms with Crippen molar-refractivity contribution < 1.29 is 9.72 Å². The minimum atomic E-state index is -0.440. The molecular weight excluding hydrogens is 260 g/mol. The third-order valence-electron chi connectivity index (χ3n) is 3.48. The quantitative estimate of drug-likeness (QED) is 0.502. The van der Waals surface area contributed by atoms with Crippen molar-refractivity contribution in [3.63, 3.8) is 0 Å². The van der Waals surface area contributed by atoms with E-state index in [1.165, 1.54) is 12.1 Å². The van der Waals surface area contributed by atoms with E-state index in [-0.39, 0.29) is 11.6 Å². The highest BCUT2D eigenvalue weighted by molar-refractivity contribution is 5.78. The lowest BCUT2D eigenvalue weighted by atomic mass is 10.1. The Labute approximate surface area is 117 Å². The smallest absolute Gasteiger partial charge is 0.269 e. The molecule has 0 spiro atoms. The summed E-state index contributed by atoms with van der Waals surface area (Å²) < 4.78 is 0. The van der Waals surface area contributed by atoms with Crippen molar-refractivity contribution in [3.8, 4) is 0 Å². The van der Waals surface area contributed by atoms with Crippen LogP contribution >= 0.6 is 0 Å². The van der Waals surface area contributed by atoms with Gasteiger partial charge in [0.1, 0.15) is 0 Å². The highest BCUT2D eigenvalue weighted by Crippen LogP contribution is 2.21. The number of carbonyl (C=O) groups excluding carboxylic acids is 1. The zero-order chi connectivity index (χ0) is 14.7. The Morgan fingerprint density at radius 2 is 2.15 bits per heavy atom. The summed E-state index contributed by atoms with van der Waals surface area (Å²) in [6.07, 6.45) is 0.886. The molecule has 0 saturated carbocycles. The SMILES string of the molecule is CN1CCCN(Cc2cc([N+](=O)[O-])ccc2N)CC1=O. The van der Waals surface area contributed by atoms with Crippen molar-refractivity contribution in [2.45, 2.75) is 13.0 Å². The molecule has 7 heteroatoms. The zero-order valence-electron chi connectivity index (χ0n) is 11.4. The molecule has 0 aromatic heterocycles. The molecule has 0 radical (unpaired) electrons. The average Bonchev–Trinajstić information content (AvgIpc) is 2.54. The number of nitrogen functional groups attached to an aromatic ring is 1. The van der Waals surface area contributed by atoms with Gasteiger partial charge in [-0.15, -0.1) is 0 Å². The third-order valence-corrected chi connectivity index (χ3v) is 3.48. The molecule has 1 fully saturated rings. The molecular formula is C13H18N4O3. The number of non-ortho nitro benzene ring substituents is 1. The maximum atomic E-state index is 11.8. The molecule has 0 aliphatic carbocycles. The second-order valence-electron chi connectivity index (χ2n) is 5.02. The molecule has 0 unspecified atom stereocenters. The van der Waals surface area contributed by atoms with Crippen molar-refractivity contribution in [1.29, 1.82) is 0 Å². The van der Waals surface area contributed by atoms with E-state index in [4.69, 9.17) is 5.73 Å². The Kier molecular flexibility index (Phi) is 4.19. The molecule has 2 N–H and O–H groups in total. The van der Waals surface area contributed by atoms with Gasteiger partial charge >= 0.3 is 0 Å². The third kappa shape index (κ3) is 3.24. The molecule has 1 aliphatic heterocycles. The molecule has 1 aromatic carbocycles. The molecule has 20 heavy (non-hydrogen) atoms. The second kappa shape index (κ2) is 5.87. The van der Waals surface area contributed by atoms with Gasteiger partial charge in [-0.2, -0.15) is 0 Å². The van der Waals surface area contributed by atoms with Crippen LogP contribution in [0.15, 0.2) is 18.2 Å². The number of rotatable bonds is 3. The predicted octanol–water partition coefficient (Wildman–Crippen LogP) is 0.841. The topological polar surface area (TPSA) is 92.7 Å². The first kappa shape index (κ1) is 14.3. The molecule has 1 saturated heterocycles. The van der Waals surface area contributed by atoms with Crippen LogP contribution in [0.3, 0.4) is 0 Å². The number of likely N-dealkylation sites (N-methyl/N-ethyl adjacent to an activating group) is 1. The first-order valence-electron chi connectivity index (χ1n) is 6.46. The maximum absolute atomic E-state index is 11.8. The van der Waals surface area contributed by atoms with E-state index in [0.29, 0.717) is 24.3 Å². The van der Waals surface area contributed by atoms with E-state index in [0.717, 1.165) is 19.5 Å². The zero-order valence-corrected chi connectivity index (χ0v) is 11.4. The molecule has 1 aromatic rings. The van der Waals surface area contributed by atoms with Gasteiger partial charge in [0.05, 0.1) is 11.5 Å². The first-order chi connectivity index (χ1) is 9.47. The van der Waals surface area contributed by atoms with Crippen LogP contribution in [0.2, 0.25) is 0 Å². The highest BCUT2D eigenvalue weighted by Gasteiger charge is 2.20. The Hall–Kier alpha value is -2.15. The van der Waals surface area contributed by atoms with E-state index in [2.05, 4.69) is 0 Å². The van der Waals surface area contributed by atoms with Crippen molar-refractivity contribution in [2.75, 3.05) is 32.4 Å². The summed E-state index contributed by atoms with van der Waals surface area (Å²) in [6, 6.07) is 4.41. The number of nitrogens with two attached hydrogens (primary N) is 1. The number of hydrogen-bond donors (Lipinski definition) is 1. The summed E-state index contributed by atoms with van der Waals surface area (Å²) in [6.45, 7) is 2.28. The Balaban J connectivity index is 2.14. The predicted molar refractivity (Wildman–Crippen MR) is 75.0 cm³/mol. The van der Waals surface area contributed by atoms with Gasteiger partial charge < -0.3 is 10.6 Å². The Morgan fingerprint density at radius 1 is 1.40 bits per heavy atom. The van der Waals surface area contributed by atoms with Gasteiger partial charge in [-0.1, -0.05) is 0 Å². The minimum absolute atomic E-state index is 0.0208. The van der Waals surface area contributed by atoms with Crippen LogP contribution in [0.1, 0.15) is 12.0 Å². The van der Waals surface area contributed by atoms with Crippen LogP contribution in [0.25, 0.3) is 0 Å². The molecule has 1 amide bonds. The fraction of sp³-hybridized carbons (Fsp3) is 0.462. The molecule has 0 bridgehead atoms. The van der Waals surface area contributed by atoms with Crippen LogP contribution in [0.4, 0.5) is 11.4 Å². The van der Waals surface area contributed by atoms with E-state index in [1.807, 2.05) is 4.90 Å². The van der Waals surface area contributed by atoms with Crippen LogP contribution in [-0.4, -0.2) is 47.3 Å². The number of hydrogen-bond acceptors (Lipinski definition) is 5. The Bertz CT molecular complexity index is 532. The van der Waals surface area contributed by atoms with Crippen LogP contribution < -0.4 is 5.73 Å². The van der Waals surface area contributed by atoms with Gasteiger partial charge in [0.2, 0.25) is 5.91 Å². The van der Waals surface area contributed by atoms with Crippen molar-refractivity contribution in [3.05, 3.63) is 33.9 Å². The monoisotopic (exact) mass is 278 g/mol. The average molecular weight is 278 g/mol. The van der Waals surface area contributed by atoms with Crippen LogP contribution in [0.5, 0.6) is 0 Å². The lowest BCUT2D eigenvalue weighted by molar-refractivity contribution is -0.384. The summed E-state index contributed by atoms with van der Waals surface area (Å²) in [5.41, 5.74) is 7.09. The molecule has 7 nitrogen and oxygen atoms in total. The number of nitro benzene ring substituents is 1. The standard InChI is InChI=1S/C13H18N4O3/c1-15-5-2-6-16(9-13(15)18)8-10-7-11(17(19)20)3-4-12(10)14/h3-4,7H,2,5-6,8-9,14H2,1H3. The van der Waals surface area contributed by atoms with Gasteiger partial charge in [0, 0.05) is 44.5 Å². The number of carbonyl (C=O) groups is 1. The van der Waals surface area contributed by atoms with E-state index in [1.54, 1.807) is 18.0 Å². The second-order valence-corrected chi connectivity index (χ2v) is 5.02. The molecule has 2 rings (SSSR count). The van der Waals surface area contributed by atoms with Crippen LogP contribution in [-0.2, 0) is 11.3 Å². The van der Waals surface area contributed by atoms with Crippen molar-refractivity contribution in [2.24, 2.45) is 0 Å². The Morgan fingerprint density at radius 3 is 2.85 bits per heavy atom.